The SMILES string of the molecule is [C-]#[N+]c1ccc(CCC(=O)OC(C)(C)C)cc1Cl. The average molecular weight is 266 g/mol. The van der Waals surface area contributed by atoms with Gasteiger partial charge in [0.15, 0.2) is 0 Å². The van der Waals surface area contributed by atoms with Crippen molar-refractivity contribution in [3.63, 3.8) is 0 Å². The zero-order valence-corrected chi connectivity index (χ0v) is 11.5. The summed E-state index contributed by atoms with van der Waals surface area (Å²) in [6.07, 6.45) is 0.873. The number of hydrogen-bond donors (Lipinski definition) is 0. The first-order valence-corrected chi connectivity index (χ1v) is 6.07. The first kappa shape index (κ1) is 14.5. The van der Waals surface area contributed by atoms with Gasteiger partial charge in [0.2, 0.25) is 5.69 Å². The van der Waals surface area contributed by atoms with Crippen molar-refractivity contribution in [3.8, 4) is 0 Å². The van der Waals surface area contributed by atoms with Gasteiger partial charge in [0.25, 0.3) is 0 Å². The maximum atomic E-state index is 11.5. The molecule has 0 saturated heterocycles. The van der Waals surface area contributed by atoms with Crippen LogP contribution in [0.3, 0.4) is 0 Å². The van der Waals surface area contributed by atoms with Crippen LogP contribution in [0.25, 0.3) is 4.85 Å². The summed E-state index contributed by atoms with van der Waals surface area (Å²) >= 11 is 5.92. The quantitative estimate of drug-likeness (QED) is 0.607. The van der Waals surface area contributed by atoms with Crippen LogP contribution in [-0.2, 0) is 16.0 Å². The number of rotatable bonds is 3. The van der Waals surface area contributed by atoms with Gasteiger partial charge in [0.05, 0.1) is 6.57 Å². The average Bonchev–Trinajstić information content (AvgIpc) is 2.24. The Morgan fingerprint density at radius 2 is 2.11 bits per heavy atom. The Bertz CT molecular complexity index is 484. The van der Waals surface area contributed by atoms with Crippen molar-refractivity contribution in [3.05, 3.63) is 40.2 Å². The molecule has 1 aromatic rings. The van der Waals surface area contributed by atoms with Crippen molar-refractivity contribution >= 4 is 23.3 Å². The Kier molecular flexibility index (Phi) is 4.75. The third kappa shape index (κ3) is 4.77. The summed E-state index contributed by atoms with van der Waals surface area (Å²) in [4.78, 5) is 14.8. The van der Waals surface area contributed by atoms with E-state index in [9.17, 15) is 4.79 Å². The van der Waals surface area contributed by atoms with Crippen molar-refractivity contribution in [1.29, 1.82) is 0 Å². The van der Waals surface area contributed by atoms with Gasteiger partial charge in [-0.05, 0) is 32.8 Å². The molecule has 0 aliphatic heterocycles. The highest BCUT2D eigenvalue weighted by Crippen LogP contribution is 2.26. The fraction of sp³-hybridized carbons (Fsp3) is 0.429. The molecule has 18 heavy (non-hydrogen) atoms. The number of nitrogens with zero attached hydrogens (tertiary/aromatic N) is 1. The van der Waals surface area contributed by atoms with Crippen molar-refractivity contribution in [1.82, 2.24) is 0 Å². The van der Waals surface area contributed by atoms with Gasteiger partial charge in [-0.1, -0.05) is 29.8 Å². The van der Waals surface area contributed by atoms with Gasteiger partial charge >= 0.3 is 5.97 Å². The normalized spacial score (nSPS) is 10.8. The molecule has 0 aliphatic rings. The predicted molar refractivity (Wildman–Crippen MR) is 71.9 cm³/mol. The van der Waals surface area contributed by atoms with E-state index >= 15 is 0 Å². The zero-order chi connectivity index (χ0) is 13.8. The summed E-state index contributed by atoms with van der Waals surface area (Å²) in [5, 5.41) is 0.423. The minimum atomic E-state index is -0.456. The molecule has 1 rings (SSSR count). The number of halogens is 1. The van der Waals surface area contributed by atoms with Gasteiger partial charge in [0, 0.05) is 11.4 Å². The highest BCUT2D eigenvalue weighted by atomic mass is 35.5. The molecule has 0 unspecified atom stereocenters. The van der Waals surface area contributed by atoms with Crippen LogP contribution in [0.2, 0.25) is 5.02 Å². The van der Waals surface area contributed by atoms with Gasteiger partial charge in [-0.25, -0.2) is 4.85 Å². The van der Waals surface area contributed by atoms with Crippen molar-refractivity contribution in [2.24, 2.45) is 0 Å². The molecule has 0 N–H and O–H groups in total. The summed E-state index contributed by atoms with van der Waals surface area (Å²) in [6.45, 7) is 12.4. The molecule has 0 saturated carbocycles. The summed E-state index contributed by atoms with van der Waals surface area (Å²) in [7, 11) is 0. The number of aryl methyl sites for hydroxylation is 1. The van der Waals surface area contributed by atoms with Crippen LogP contribution in [-0.4, -0.2) is 11.6 Å². The van der Waals surface area contributed by atoms with Gasteiger partial charge in [-0.2, -0.15) is 0 Å². The predicted octanol–water partition coefficient (Wildman–Crippen LogP) is 4.17. The second-order valence-electron chi connectivity index (χ2n) is 4.98. The first-order valence-electron chi connectivity index (χ1n) is 5.69. The zero-order valence-electron chi connectivity index (χ0n) is 10.8. The molecular formula is C14H16ClNO2. The molecule has 0 spiro atoms. The molecule has 0 aliphatic carbocycles. The Labute approximate surface area is 113 Å². The smallest absolute Gasteiger partial charge is 0.306 e. The third-order valence-electron chi connectivity index (χ3n) is 2.17. The van der Waals surface area contributed by atoms with Crippen molar-refractivity contribution < 1.29 is 9.53 Å². The molecule has 1 aromatic carbocycles. The standard InChI is InChI=1S/C14H16ClNO2/c1-14(2,3)18-13(17)8-6-10-5-7-12(16-4)11(15)9-10/h5,7,9H,6,8H2,1-3H3. The van der Waals surface area contributed by atoms with Crippen molar-refractivity contribution in [2.45, 2.75) is 39.2 Å². The van der Waals surface area contributed by atoms with Crippen LogP contribution in [0, 0.1) is 6.57 Å². The van der Waals surface area contributed by atoms with E-state index in [-0.39, 0.29) is 5.97 Å². The Hall–Kier alpha value is -1.53. The number of carbonyl (C=O) groups excluding carboxylic acids is 1. The minimum Gasteiger partial charge on any atom is -0.460 e. The monoisotopic (exact) mass is 265 g/mol. The van der Waals surface area contributed by atoms with E-state index < -0.39 is 5.60 Å². The van der Waals surface area contributed by atoms with E-state index in [1.54, 1.807) is 12.1 Å². The van der Waals surface area contributed by atoms with Gasteiger partial charge in [0.1, 0.15) is 5.60 Å². The molecule has 0 aromatic heterocycles. The molecule has 3 nitrogen and oxygen atoms in total. The summed E-state index contributed by atoms with van der Waals surface area (Å²) in [6, 6.07) is 5.20. The molecule has 0 heterocycles. The lowest BCUT2D eigenvalue weighted by Gasteiger charge is -2.19. The van der Waals surface area contributed by atoms with Gasteiger partial charge in [-0.3, -0.25) is 4.79 Å². The topological polar surface area (TPSA) is 30.7 Å². The van der Waals surface area contributed by atoms with E-state index in [0.29, 0.717) is 23.6 Å². The number of benzene rings is 1. The highest BCUT2D eigenvalue weighted by molar-refractivity contribution is 6.33. The van der Waals surface area contributed by atoms with Crippen LogP contribution < -0.4 is 0 Å². The lowest BCUT2D eigenvalue weighted by Crippen LogP contribution is -2.23. The molecule has 0 amide bonds. The molecule has 0 radical (unpaired) electrons. The Morgan fingerprint density at radius 3 is 2.61 bits per heavy atom. The lowest BCUT2D eigenvalue weighted by atomic mass is 10.1. The van der Waals surface area contributed by atoms with Gasteiger partial charge < -0.3 is 4.74 Å². The number of carbonyl (C=O) groups is 1. The second kappa shape index (κ2) is 5.88. The fourth-order valence-corrected chi connectivity index (χ4v) is 1.68. The molecule has 0 bridgehead atoms. The highest BCUT2D eigenvalue weighted by Gasteiger charge is 2.16. The summed E-state index contributed by atoms with van der Waals surface area (Å²) in [5.41, 5.74) is 0.902. The molecule has 96 valence electrons. The van der Waals surface area contributed by atoms with E-state index in [2.05, 4.69) is 4.85 Å². The van der Waals surface area contributed by atoms with Crippen LogP contribution in [0.5, 0.6) is 0 Å². The van der Waals surface area contributed by atoms with E-state index in [1.165, 1.54) is 0 Å². The maximum Gasteiger partial charge on any atom is 0.306 e. The van der Waals surface area contributed by atoms with Crippen LogP contribution >= 0.6 is 11.6 Å². The van der Waals surface area contributed by atoms with E-state index in [0.717, 1.165) is 5.56 Å². The van der Waals surface area contributed by atoms with Crippen molar-refractivity contribution in [2.75, 3.05) is 0 Å². The number of esters is 1. The van der Waals surface area contributed by atoms with E-state index in [4.69, 9.17) is 22.9 Å². The van der Waals surface area contributed by atoms with Gasteiger partial charge in [-0.15, -0.1) is 0 Å². The van der Waals surface area contributed by atoms with Crippen LogP contribution in [0.4, 0.5) is 5.69 Å². The largest absolute Gasteiger partial charge is 0.460 e. The Morgan fingerprint density at radius 1 is 1.44 bits per heavy atom. The number of hydrogen-bond acceptors (Lipinski definition) is 2. The summed E-state index contributed by atoms with van der Waals surface area (Å²) < 4.78 is 5.21. The molecule has 0 atom stereocenters. The minimum absolute atomic E-state index is 0.229. The first-order chi connectivity index (χ1) is 8.31. The fourth-order valence-electron chi connectivity index (χ4n) is 1.44. The van der Waals surface area contributed by atoms with Crippen LogP contribution in [0.1, 0.15) is 32.8 Å². The Balaban J connectivity index is 2.57. The third-order valence-corrected chi connectivity index (χ3v) is 2.47. The molecule has 4 heteroatoms. The molecule has 0 fully saturated rings. The second-order valence-corrected chi connectivity index (χ2v) is 5.39. The molecular weight excluding hydrogens is 250 g/mol. The lowest BCUT2D eigenvalue weighted by molar-refractivity contribution is -0.154. The maximum absolute atomic E-state index is 11.5. The van der Waals surface area contributed by atoms with E-state index in [1.807, 2.05) is 26.8 Å². The number of ether oxygens (including phenoxy) is 1. The summed E-state index contributed by atoms with van der Waals surface area (Å²) in [5.74, 6) is -0.229. The van der Waals surface area contributed by atoms with Crippen LogP contribution in [0.15, 0.2) is 18.2 Å².